The van der Waals surface area contributed by atoms with E-state index in [0.717, 1.165) is 18.7 Å². The maximum Gasteiger partial charge on any atom is 0.193 e. The lowest BCUT2D eigenvalue weighted by Crippen LogP contribution is -2.24. The summed E-state index contributed by atoms with van der Waals surface area (Å²) in [7, 11) is 2.09. The fourth-order valence-electron chi connectivity index (χ4n) is 2.14. The highest BCUT2D eigenvalue weighted by Gasteiger charge is 1.99. The molecule has 2 aromatic rings. The van der Waals surface area contributed by atoms with Crippen LogP contribution in [0.2, 0.25) is 0 Å². The Balaban J connectivity index is 1.74. The third-order valence-electron chi connectivity index (χ3n) is 3.45. The Hall–Kier alpha value is -2.49. The van der Waals surface area contributed by atoms with E-state index in [0.29, 0.717) is 12.5 Å². The second-order valence-corrected chi connectivity index (χ2v) is 5.37. The number of nitrogens with two attached hydrogens (primary N) is 1. The largest absolute Gasteiger partial charge is 0.375 e. The van der Waals surface area contributed by atoms with Crippen LogP contribution < -0.4 is 16.0 Å². The number of guanidine groups is 1. The minimum Gasteiger partial charge on any atom is -0.375 e. The summed E-state index contributed by atoms with van der Waals surface area (Å²) < 4.78 is 0. The summed E-state index contributed by atoms with van der Waals surface area (Å²) in [6.45, 7) is 3.72. The summed E-state index contributed by atoms with van der Waals surface area (Å²) in [6, 6.07) is 18.4. The summed E-state index contributed by atoms with van der Waals surface area (Å²) in [5, 5.41) is 3.10. The maximum atomic E-state index is 5.90. The molecule has 4 nitrogen and oxygen atoms in total. The van der Waals surface area contributed by atoms with Gasteiger partial charge in [-0.15, -0.1) is 0 Å². The molecule has 116 valence electrons. The van der Waals surface area contributed by atoms with Crippen LogP contribution in [0, 0.1) is 6.92 Å². The molecule has 0 unspecified atom stereocenters. The molecular formula is C18H24N4. The minimum absolute atomic E-state index is 0.464. The van der Waals surface area contributed by atoms with Crippen molar-refractivity contribution in [3.8, 4) is 0 Å². The lowest BCUT2D eigenvalue weighted by atomic mass is 10.2. The monoisotopic (exact) mass is 296 g/mol. The number of anilines is 2. The minimum atomic E-state index is 0.464. The molecular weight excluding hydrogens is 272 g/mol. The van der Waals surface area contributed by atoms with E-state index >= 15 is 0 Å². The normalized spacial score (nSPS) is 11.3. The molecule has 0 saturated carbocycles. The van der Waals surface area contributed by atoms with Crippen molar-refractivity contribution in [2.24, 2.45) is 10.7 Å². The molecule has 3 N–H and O–H groups in total. The van der Waals surface area contributed by atoms with Crippen molar-refractivity contribution in [2.75, 3.05) is 30.4 Å². The van der Waals surface area contributed by atoms with Crippen LogP contribution in [0.5, 0.6) is 0 Å². The van der Waals surface area contributed by atoms with Crippen LogP contribution in [0.3, 0.4) is 0 Å². The highest BCUT2D eigenvalue weighted by atomic mass is 15.1. The van der Waals surface area contributed by atoms with E-state index in [4.69, 9.17) is 5.73 Å². The molecule has 0 aliphatic rings. The molecule has 2 rings (SSSR count). The quantitative estimate of drug-likeness (QED) is 0.489. The number of aryl methyl sites for hydroxylation is 1. The van der Waals surface area contributed by atoms with Crippen molar-refractivity contribution < 1.29 is 0 Å². The molecule has 22 heavy (non-hydrogen) atoms. The number of nitrogens with zero attached hydrogens (tertiary/aromatic N) is 2. The zero-order valence-corrected chi connectivity index (χ0v) is 13.3. The van der Waals surface area contributed by atoms with Crippen LogP contribution in [0.4, 0.5) is 11.4 Å². The highest BCUT2D eigenvalue weighted by molar-refractivity contribution is 5.92. The molecule has 0 bridgehead atoms. The third-order valence-corrected chi connectivity index (χ3v) is 3.45. The van der Waals surface area contributed by atoms with E-state index in [-0.39, 0.29) is 0 Å². The number of benzene rings is 2. The second-order valence-electron chi connectivity index (χ2n) is 5.37. The average Bonchev–Trinajstić information content (AvgIpc) is 2.54. The molecule has 0 spiro atoms. The van der Waals surface area contributed by atoms with Gasteiger partial charge in [0.25, 0.3) is 0 Å². The number of aliphatic imine (C=N–C) groups is 1. The number of para-hydroxylation sites is 1. The first-order valence-electron chi connectivity index (χ1n) is 7.55. The average molecular weight is 296 g/mol. The number of hydrogen-bond acceptors (Lipinski definition) is 2. The van der Waals surface area contributed by atoms with Crippen molar-refractivity contribution in [1.82, 2.24) is 0 Å². The molecule has 0 fully saturated rings. The number of hydrogen-bond donors (Lipinski definition) is 2. The Morgan fingerprint density at radius 1 is 1.09 bits per heavy atom. The lowest BCUT2D eigenvalue weighted by molar-refractivity contribution is 0.795. The topological polar surface area (TPSA) is 53.6 Å². The van der Waals surface area contributed by atoms with E-state index < -0.39 is 0 Å². The fraction of sp³-hybridized carbons (Fsp3) is 0.278. The van der Waals surface area contributed by atoms with Crippen molar-refractivity contribution in [1.29, 1.82) is 0 Å². The maximum absolute atomic E-state index is 5.90. The summed E-state index contributed by atoms with van der Waals surface area (Å²) in [6.07, 6.45) is 0.960. The Bertz CT molecular complexity index is 590. The van der Waals surface area contributed by atoms with Crippen LogP contribution in [0.15, 0.2) is 59.6 Å². The zero-order valence-electron chi connectivity index (χ0n) is 13.3. The molecule has 0 aliphatic carbocycles. The van der Waals surface area contributed by atoms with Crippen molar-refractivity contribution in [3.05, 3.63) is 60.2 Å². The van der Waals surface area contributed by atoms with Gasteiger partial charge < -0.3 is 16.0 Å². The van der Waals surface area contributed by atoms with Gasteiger partial charge in [0, 0.05) is 31.5 Å². The molecule has 0 heterocycles. The van der Waals surface area contributed by atoms with Crippen LogP contribution in [0.1, 0.15) is 12.0 Å². The van der Waals surface area contributed by atoms with Gasteiger partial charge in [0.15, 0.2) is 5.96 Å². The Kier molecular flexibility index (Phi) is 5.83. The standard InChI is InChI=1S/C18H24N4/c1-15-9-11-16(12-10-15)21-18(19)20-13-6-14-22(2)17-7-4-3-5-8-17/h3-5,7-12H,6,13-14H2,1-2H3,(H3,19,20,21). The first-order valence-corrected chi connectivity index (χ1v) is 7.55. The van der Waals surface area contributed by atoms with Gasteiger partial charge in [-0.25, -0.2) is 0 Å². The van der Waals surface area contributed by atoms with Gasteiger partial charge in [-0.1, -0.05) is 35.9 Å². The molecule has 0 aliphatic heterocycles. The molecule has 0 aromatic heterocycles. The summed E-state index contributed by atoms with van der Waals surface area (Å²) >= 11 is 0. The van der Waals surface area contributed by atoms with Gasteiger partial charge in [0.1, 0.15) is 0 Å². The second kappa shape index (κ2) is 8.08. The predicted octanol–water partition coefficient (Wildman–Crippen LogP) is 3.25. The number of rotatable bonds is 6. The van der Waals surface area contributed by atoms with Gasteiger partial charge in [-0.2, -0.15) is 0 Å². The van der Waals surface area contributed by atoms with Crippen molar-refractivity contribution in [3.63, 3.8) is 0 Å². The van der Waals surface area contributed by atoms with Crippen molar-refractivity contribution in [2.45, 2.75) is 13.3 Å². The highest BCUT2D eigenvalue weighted by Crippen LogP contribution is 2.11. The molecule has 0 radical (unpaired) electrons. The van der Waals surface area contributed by atoms with E-state index in [1.807, 2.05) is 42.5 Å². The van der Waals surface area contributed by atoms with E-state index in [9.17, 15) is 0 Å². The van der Waals surface area contributed by atoms with E-state index in [1.165, 1.54) is 11.3 Å². The van der Waals surface area contributed by atoms with Crippen molar-refractivity contribution >= 4 is 17.3 Å². The van der Waals surface area contributed by atoms with Gasteiger partial charge >= 0.3 is 0 Å². The first-order chi connectivity index (χ1) is 10.6. The summed E-state index contributed by atoms with van der Waals surface area (Å²) in [5.41, 5.74) is 9.31. The predicted molar refractivity (Wildman–Crippen MR) is 95.6 cm³/mol. The van der Waals surface area contributed by atoms with E-state index in [1.54, 1.807) is 0 Å². The molecule has 2 aromatic carbocycles. The summed E-state index contributed by atoms with van der Waals surface area (Å²) in [4.78, 5) is 6.59. The van der Waals surface area contributed by atoms with Gasteiger partial charge in [0.2, 0.25) is 0 Å². The summed E-state index contributed by atoms with van der Waals surface area (Å²) in [5.74, 6) is 0.464. The molecule has 0 amide bonds. The van der Waals surface area contributed by atoms with Crippen LogP contribution in [-0.2, 0) is 0 Å². The SMILES string of the molecule is Cc1ccc(NC(N)=NCCCN(C)c2ccccc2)cc1. The van der Waals surface area contributed by atoms with Crippen LogP contribution in [0.25, 0.3) is 0 Å². The van der Waals surface area contributed by atoms with Gasteiger partial charge in [-0.05, 0) is 37.6 Å². The van der Waals surface area contributed by atoms with E-state index in [2.05, 4.69) is 41.3 Å². The zero-order chi connectivity index (χ0) is 15.8. The first kappa shape index (κ1) is 15.9. The Morgan fingerprint density at radius 2 is 1.77 bits per heavy atom. The molecule has 0 atom stereocenters. The van der Waals surface area contributed by atoms with Gasteiger partial charge in [-0.3, -0.25) is 4.99 Å². The fourth-order valence-corrected chi connectivity index (χ4v) is 2.14. The Labute approximate surface area is 132 Å². The lowest BCUT2D eigenvalue weighted by Gasteiger charge is -2.18. The van der Waals surface area contributed by atoms with Crippen LogP contribution >= 0.6 is 0 Å². The molecule has 4 heteroatoms. The third kappa shape index (κ3) is 5.13. The number of nitrogens with one attached hydrogen (secondary N) is 1. The Morgan fingerprint density at radius 3 is 2.45 bits per heavy atom. The molecule has 0 saturated heterocycles. The smallest absolute Gasteiger partial charge is 0.193 e. The van der Waals surface area contributed by atoms with Gasteiger partial charge in [0.05, 0.1) is 0 Å². The van der Waals surface area contributed by atoms with Crippen LogP contribution in [-0.4, -0.2) is 26.1 Å².